The Kier molecular flexibility index (Phi) is 2.57. The summed E-state index contributed by atoms with van der Waals surface area (Å²) in [6.07, 6.45) is 9.56. The first kappa shape index (κ1) is 10.6. The van der Waals surface area contributed by atoms with E-state index >= 15 is 0 Å². The van der Waals surface area contributed by atoms with E-state index in [2.05, 4.69) is 5.32 Å². The van der Waals surface area contributed by atoms with Gasteiger partial charge in [-0.25, -0.2) is 4.79 Å². The Balaban J connectivity index is 2.25. The van der Waals surface area contributed by atoms with Crippen LogP contribution in [-0.4, -0.2) is 0 Å². The Morgan fingerprint density at radius 1 is 1.00 bits per heavy atom. The number of allylic oxidation sites excluding steroid dienone is 4. The lowest BCUT2D eigenvalue weighted by Crippen LogP contribution is -2.04. The minimum absolute atomic E-state index is 0.338. The van der Waals surface area contributed by atoms with Crippen LogP contribution in [0.4, 0.5) is 0 Å². The molecule has 3 rings (SSSR count). The van der Waals surface area contributed by atoms with Crippen LogP contribution in [-0.2, 0) is 0 Å². The smallest absolute Gasteiger partial charge is 0.336 e. The molecule has 0 saturated heterocycles. The molecule has 0 fully saturated rings. The van der Waals surface area contributed by atoms with Crippen LogP contribution in [0.15, 0.2) is 70.0 Å². The molecule has 0 atom stereocenters. The highest BCUT2D eigenvalue weighted by Crippen LogP contribution is 2.23. The normalized spacial score (nSPS) is 14.1. The Morgan fingerprint density at radius 2 is 1.94 bits per heavy atom. The van der Waals surface area contributed by atoms with E-state index in [1.165, 1.54) is 6.07 Å². The fourth-order valence-electron chi connectivity index (χ4n) is 1.93. The third kappa shape index (κ3) is 1.86. The van der Waals surface area contributed by atoms with Crippen molar-refractivity contribution in [3.63, 3.8) is 0 Å². The monoisotopic (exact) mass is 237 g/mol. The van der Waals surface area contributed by atoms with Gasteiger partial charge in [0.05, 0.1) is 0 Å². The SMILES string of the molecule is O=c1ccc2cccc(C3=CC=CC=CN3)c2o1. The van der Waals surface area contributed by atoms with Crippen molar-refractivity contribution in [3.05, 3.63) is 76.8 Å². The first-order valence-electron chi connectivity index (χ1n) is 5.68. The molecule has 0 radical (unpaired) electrons. The molecule has 88 valence electrons. The lowest BCUT2D eigenvalue weighted by molar-refractivity contribution is 0.560. The molecule has 0 unspecified atom stereocenters. The van der Waals surface area contributed by atoms with E-state index in [4.69, 9.17) is 4.42 Å². The molecule has 2 aromatic rings. The zero-order valence-corrected chi connectivity index (χ0v) is 9.59. The van der Waals surface area contributed by atoms with Crippen LogP contribution in [0.3, 0.4) is 0 Å². The van der Waals surface area contributed by atoms with E-state index in [-0.39, 0.29) is 5.63 Å². The summed E-state index contributed by atoms with van der Waals surface area (Å²) < 4.78 is 5.30. The van der Waals surface area contributed by atoms with Crippen LogP contribution >= 0.6 is 0 Å². The fourth-order valence-corrected chi connectivity index (χ4v) is 1.93. The van der Waals surface area contributed by atoms with Crippen molar-refractivity contribution in [2.24, 2.45) is 0 Å². The first-order chi connectivity index (χ1) is 8.84. The number of fused-ring (bicyclic) bond motifs is 1. The van der Waals surface area contributed by atoms with Crippen LogP contribution in [0.2, 0.25) is 0 Å². The zero-order chi connectivity index (χ0) is 12.4. The van der Waals surface area contributed by atoms with Crippen LogP contribution in [0.25, 0.3) is 16.7 Å². The van der Waals surface area contributed by atoms with E-state index < -0.39 is 0 Å². The number of para-hydroxylation sites is 1. The zero-order valence-electron chi connectivity index (χ0n) is 9.59. The maximum atomic E-state index is 11.4. The summed E-state index contributed by atoms with van der Waals surface area (Å²) in [6.45, 7) is 0. The second-order valence-corrected chi connectivity index (χ2v) is 3.95. The number of hydrogen-bond acceptors (Lipinski definition) is 3. The van der Waals surface area contributed by atoms with Gasteiger partial charge in [0.1, 0.15) is 5.58 Å². The summed E-state index contributed by atoms with van der Waals surface area (Å²) in [5.41, 5.74) is 2.05. The molecule has 1 aromatic carbocycles. The van der Waals surface area contributed by atoms with Crippen molar-refractivity contribution >= 4 is 16.7 Å². The minimum atomic E-state index is -0.338. The second-order valence-electron chi connectivity index (χ2n) is 3.95. The predicted octanol–water partition coefficient (Wildman–Crippen LogP) is 2.81. The molecular weight excluding hydrogens is 226 g/mol. The van der Waals surface area contributed by atoms with Gasteiger partial charge in [0, 0.05) is 28.9 Å². The van der Waals surface area contributed by atoms with Gasteiger partial charge in [-0.15, -0.1) is 0 Å². The van der Waals surface area contributed by atoms with Crippen molar-refractivity contribution in [1.29, 1.82) is 0 Å². The Bertz CT molecular complexity index is 735. The third-order valence-electron chi connectivity index (χ3n) is 2.76. The Labute approximate surface area is 104 Å². The summed E-state index contributed by atoms with van der Waals surface area (Å²) in [5.74, 6) is 0. The molecule has 1 aromatic heterocycles. The standard InChI is InChI=1S/C15H11NO2/c17-14-9-8-11-5-4-6-12(15(11)18-14)13-7-2-1-3-10-16-13/h1-10,16H. The third-order valence-corrected chi connectivity index (χ3v) is 2.76. The molecule has 0 spiro atoms. The summed E-state index contributed by atoms with van der Waals surface area (Å²) in [5, 5.41) is 4.07. The average molecular weight is 237 g/mol. The molecule has 0 bridgehead atoms. The van der Waals surface area contributed by atoms with Crippen LogP contribution in [0.5, 0.6) is 0 Å². The van der Waals surface area contributed by atoms with Gasteiger partial charge in [0.2, 0.25) is 0 Å². The highest BCUT2D eigenvalue weighted by atomic mass is 16.4. The van der Waals surface area contributed by atoms with Crippen LogP contribution in [0.1, 0.15) is 5.56 Å². The van der Waals surface area contributed by atoms with E-state index in [0.29, 0.717) is 5.58 Å². The van der Waals surface area contributed by atoms with Crippen molar-refractivity contribution in [3.8, 4) is 0 Å². The minimum Gasteiger partial charge on any atom is -0.422 e. The molecular formula is C15H11NO2. The molecule has 2 heterocycles. The summed E-state index contributed by atoms with van der Waals surface area (Å²) in [6, 6.07) is 8.99. The largest absolute Gasteiger partial charge is 0.422 e. The highest BCUT2D eigenvalue weighted by molar-refractivity contribution is 5.89. The summed E-state index contributed by atoms with van der Waals surface area (Å²) >= 11 is 0. The molecule has 1 aliphatic rings. The molecule has 0 aliphatic carbocycles. The summed E-state index contributed by atoms with van der Waals surface area (Å²) in [4.78, 5) is 11.4. The van der Waals surface area contributed by atoms with Crippen molar-refractivity contribution in [2.75, 3.05) is 0 Å². The Hall–Kier alpha value is -2.55. The number of benzene rings is 1. The highest BCUT2D eigenvalue weighted by Gasteiger charge is 2.08. The van der Waals surface area contributed by atoms with Crippen molar-refractivity contribution < 1.29 is 4.42 Å². The van der Waals surface area contributed by atoms with Gasteiger partial charge in [-0.2, -0.15) is 0 Å². The predicted molar refractivity (Wildman–Crippen MR) is 71.9 cm³/mol. The topological polar surface area (TPSA) is 42.2 Å². The number of hydrogen-bond donors (Lipinski definition) is 1. The van der Waals surface area contributed by atoms with Gasteiger partial charge in [-0.3, -0.25) is 0 Å². The quantitative estimate of drug-likeness (QED) is 0.775. The van der Waals surface area contributed by atoms with Gasteiger partial charge < -0.3 is 9.73 Å². The fraction of sp³-hybridized carbons (Fsp3) is 0. The Morgan fingerprint density at radius 3 is 2.89 bits per heavy atom. The maximum Gasteiger partial charge on any atom is 0.336 e. The number of nitrogens with one attached hydrogen (secondary N) is 1. The van der Waals surface area contributed by atoms with Gasteiger partial charge in [-0.05, 0) is 24.3 Å². The van der Waals surface area contributed by atoms with Gasteiger partial charge in [0.25, 0.3) is 0 Å². The average Bonchev–Trinajstić information content (AvgIpc) is 2.67. The van der Waals surface area contributed by atoms with Gasteiger partial charge >= 0.3 is 5.63 Å². The molecule has 0 amide bonds. The van der Waals surface area contributed by atoms with Gasteiger partial charge in [-0.1, -0.05) is 24.3 Å². The maximum absolute atomic E-state index is 11.4. The molecule has 1 aliphatic heterocycles. The van der Waals surface area contributed by atoms with Crippen LogP contribution in [0, 0.1) is 0 Å². The lowest BCUT2D eigenvalue weighted by atomic mass is 10.1. The first-order valence-corrected chi connectivity index (χ1v) is 5.68. The van der Waals surface area contributed by atoms with E-state index in [1.54, 1.807) is 6.07 Å². The molecule has 3 nitrogen and oxygen atoms in total. The van der Waals surface area contributed by atoms with E-state index in [0.717, 1.165) is 16.6 Å². The molecule has 0 saturated carbocycles. The molecule has 3 heteroatoms. The molecule has 18 heavy (non-hydrogen) atoms. The lowest BCUT2D eigenvalue weighted by Gasteiger charge is -2.08. The van der Waals surface area contributed by atoms with E-state index in [9.17, 15) is 4.79 Å². The molecule has 1 N–H and O–H groups in total. The van der Waals surface area contributed by atoms with E-state index in [1.807, 2.05) is 48.7 Å². The number of rotatable bonds is 1. The second kappa shape index (κ2) is 4.37. The van der Waals surface area contributed by atoms with Crippen LogP contribution < -0.4 is 10.9 Å². The van der Waals surface area contributed by atoms with Gasteiger partial charge in [0.15, 0.2) is 0 Å². The van der Waals surface area contributed by atoms with Crippen molar-refractivity contribution in [2.45, 2.75) is 0 Å². The summed E-state index contributed by atoms with van der Waals surface area (Å²) in [7, 11) is 0. The van der Waals surface area contributed by atoms with Crippen molar-refractivity contribution in [1.82, 2.24) is 5.32 Å².